The highest BCUT2D eigenvalue weighted by atomic mass is 35.5. The summed E-state index contributed by atoms with van der Waals surface area (Å²) in [5.74, 6) is 0.350. The summed E-state index contributed by atoms with van der Waals surface area (Å²) in [5, 5.41) is 17.1. The van der Waals surface area contributed by atoms with Crippen molar-refractivity contribution >= 4 is 49.6 Å². The molecule has 4 heterocycles. The third kappa shape index (κ3) is 5.04. The highest BCUT2D eigenvalue weighted by molar-refractivity contribution is 7.89. The van der Waals surface area contributed by atoms with Crippen LogP contribution >= 0.6 is 22.9 Å². The lowest BCUT2D eigenvalue weighted by molar-refractivity contribution is -0.384. The van der Waals surface area contributed by atoms with E-state index in [0.29, 0.717) is 46.6 Å². The number of fused-ring (bicyclic) bond motifs is 1. The third-order valence-corrected chi connectivity index (χ3v) is 9.55. The molecule has 1 atom stereocenters. The number of nitro benzene ring substituents is 1. The Morgan fingerprint density at radius 3 is 2.75 bits per heavy atom. The second kappa shape index (κ2) is 10.6. The smallest absolute Gasteiger partial charge is 0.270 e. The lowest BCUT2D eigenvalue weighted by atomic mass is 10.1. The Labute approximate surface area is 238 Å². The van der Waals surface area contributed by atoms with Crippen molar-refractivity contribution in [2.24, 2.45) is 0 Å². The van der Waals surface area contributed by atoms with Gasteiger partial charge in [0.05, 0.1) is 15.5 Å². The minimum absolute atomic E-state index is 0.0275. The molecule has 1 saturated heterocycles. The zero-order valence-corrected chi connectivity index (χ0v) is 23.2. The number of non-ortho nitro benzene ring substituents is 1. The molecule has 0 aliphatic carbocycles. The summed E-state index contributed by atoms with van der Waals surface area (Å²) in [6.07, 6.45) is 4.93. The predicted octanol–water partition coefficient (Wildman–Crippen LogP) is 5.35. The molecule has 1 N–H and O–H groups in total. The van der Waals surface area contributed by atoms with Crippen LogP contribution in [-0.4, -0.2) is 56.1 Å². The van der Waals surface area contributed by atoms with E-state index < -0.39 is 14.9 Å². The Hall–Kier alpha value is -3.91. The van der Waals surface area contributed by atoms with Gasteiger partial charge in [-0.25, -0.2) is 23.4 Å². The van der Waals surface area contributed by atoms with Crippen LogP contribution in [0.1, 0.15) is 12.8 Å². The van der Waals surface area contributed by atoms with E-state index in [-0.39, 0.29) is 23.2 Å². The van der Waals surface area contributed by atoms with E-state index in [1.807, 2.05) is 16.0 Å². The number of hydrogen-bond donors (Lipinski definition) is 1. The van der Waals surface area contributed by atoms with Crippen molar-refractivity contribution in [3.63, 3.8) is 0 Å². The van der Waals surface area contributed by atoms with Gasteiger partial charge in [-0.3, -0.25) is 14.5 Å². The van der Waals surface area contributed by atoms with E-state index in [9.17, 15) is 18.5 Å². The van der Waals surface area contributed by atoms with Gasteiger partial charge in [-0.15, -0.1) is 11.3 Å². The molecule has 0 bridgehead atoms. The largest absolute Gasteiger partial charge is 0.350 e. The van der Waals surface area contributed by atoms with Gasteiger partial charge in [0.2, 0.25) is 16.0 Å². The van der Waals surface area contributed by atoms with Crippen molar-refractivity contribution in [1.29, 1.82) is 0 Å². The predicted molar refractivity (Wildman–Crippen MR) is 153 cm³/mol. The van der Waals surface area contributed by atoms with Crippen molar-refractivity contribution in [3.05, 3.63) is 87.5 Å². The molecule has 1 fully saturated rings. The zero-order valence-electron chi connectivity index (χ0n) is 20.8. The minimum atomic E-state index is -3.68. The van der Waals surface area contributed by atoms with Crippen molar-refractivity contribution in [3.8, 4) is 22.6 Å². The van der Waals surface area contributed by atoms with Crippen LogP contribution in [0.2, 0.25) is 5.02 Å². The van der Waals surface area contributed by atoms with Gasteiger partial charge < -0.3 is 5.32 Å². The summed E-state index contributed by atoms with van der Waals surface area (Å²) in [6.45, 7) is 0.682. The maximum atomic E-state index is 13.2. The molecule has 0 radical (unpaired) electrons. The first kappa shape index (κ1) is 26.3. The van der Waals surface area contributed by atoms with Crippen molar-refractivity contribution < 1.29 is 13.3 Å². The molecule has 3 aromatic heterocycles. The molecule has 0 spiro atoms. The summed E-state index contributed by atoms with van der Waals surface area (Å²) in [4.78, 5) is 25.7. The number of anilines is 1. The number of piperidine rings is 1. The fraction of sp³-hybridized carbons (Fsp3) is 0.192. The van der Waals surface area contributed by atoms with E-state index in [2.05, 4.69) is 10.3 Å². The zero-order chi connectivity index (χ0) is 27.9. The second-order valence-corrected chi connectivity index (χ2v) is 12.5. The third-order valence-electron chi connectivity index (χ3n) is 6.66. The Kier molecular flexibility index (Phi) is 6.96. The van der Waals surface area contributed by atoms with Crippen molar-refractivity contribution in [1.82, 2.24) is 23.7 Å². The number of hydrogen-bond acceptors (Lipinski definition) is 9. The van der Waals surface area contributed by atoms with E-state index in [1.54, 1.807) is 36.5 Å². The van der Waals surface area contributed by atoms with E-state index in [1.165, 1.54) is 39.9 Å². The summed E-state index contributed by atoms with van der Waals surface area (Å²) >= 11 is 7.38. The van der Waals surface area contributed by atoms with Gasteiger partial charge in [0, 0.05) is 59.6 Å². The van der Waals surface area contributed by atoms with Crippen molar-refractivity contribution in [2.75, 3.05) is 18.4 Å². The molecule has 204 valence electrons. The number of rotatable bonds is 7. The van der Waals surface area contributed by atoms with Crippen LogP contribution in [0, 0.1) is 10.1 Å². The molecule has 0 saturated carbocycles. The van der Waals surface area contributed by atoms with Gasteiger partial charge >= 0.3 is 0 Å². The molecule has 40 heavy (non-hydrogen) atoms. The topological polar surface area (TPSA) is 136 Å². The molecule has 6 rings (SSSR count). The Bertz CT molecular complexity index is 1820. The minimum Gasteiger partial charge on any atom is -0.350 e. The second-order valence-electron chi connectivity index (χ2n) is 9.24. The van der Waals surface area contributed by atoms with Crippen LogP contribution in [0.25, 0.3) is 27.6 Å². The summed E-state index contributed by atoms with van der Waals surface area (Å²) in [6, 6.07) is 14.1. The maximum absolute atomic E-state index is 13.2. The molecule has 1 aliphatic heterocycles. The number of aromatic nitrogens is 4. The number of sulfonamides is 1. The SMILES string of the molecule is O=[N+]([O-])c1cccc(-c2nc3sccn3c2-c2ccnc(N[C@@H]3CCCN(S(=O)(=O)c4ccc(Cl)cc4)C3)n2)c1. The van der Waals surface area contributed by atoms with Crippen LogP contribution in [0.3, 0.4) is 0 Å². The Balaban J connectivity index is 1.29. The van der Waals surface area contributed by atoms with Gasteiger partial charge in [-0.1, -0.05) is 23.7 Å². The standard InChI is InChI=1S/C26H22ClN7O4S2/c27-18-6-8-21(9-7-18)40(37,38)32-12-2-4-19(16-32)29-25-28-11-10-22(30-25)24-23(31-26-33(24)13-14-39-26)17-3-1-5-20(15-17)34(35)36/h1,3,5-11,13-15,19H,2,4,12,16H2,(H,28,29,30)/t19-/m1/s1. The average Bonchev–Trinajstić information content (AvgIpc) is 3.55. The molecule has 5 aromatic rings. The number of nitrogens with zero attached hydrogens (tertiary/aromatic N) is 6. The summed E-state index contributed by atoms with van der Waals surface area (Å²) in [7, 11) is -3.68. The number of nitro groups is 1. The number of imidazole rings is 1. The van der Waals surface area contributed by atoms with Crippen LogP contribution in [-0.2, 0) is 10.0 Å². The van der Waals surface area contributed by atoms with E-state index >= 15 is 0 Å². The molecule has 1 aliphatic rings. The molecule has 0 unspecified atom stereocenters. The Morgan fingerprint density at radius 1 is 1.12 bits per heavy atom. The highest BCUT2D eigenvalue weighted by Crippen LogP contribution is 2.35. The molecule has 2 aromatic carbocycles. The van der Waals surface area contributed by atoms with Gasteiger partial charge in [0.15, 0.2) is 4.96 Å². The molecular weight excluding hydrogens is 574 g/mol. The van der Waals surface area contributed by atoms with Gasteiger partial charge in [-0.2, -0.15) is 4.31 Å². The highest BCUT2D eigenvalue weighted by Gasteiger charge is 2.31. The normalized spacial score (nSPS) is 16.3. The first-order valence-electron chi connectivity index (χ1n) is 12.4. The molecule has 0 amide bonds. The average molecular weight is 596 g/mol. The van der Waals surface area contributed by atoms with E-state index in [0.717, 1.165) is 11.4 Å². The lowest BCUT2D eigenvalue weighted by Crippen LogP contribution is -2.45. The molecule has 11 nitrogen and oxygen atoms in total. The number of halogens is 1. The van der Waals surface area contributed by atoms with Gasteiger partial charge in [0.25, 0.3) is 5.69 Å². The summed E-state index contributed by atoms with van der Waals surface area (Å²) in [5.41, 5.74) is 2.39. The fourth-order valence-corrected chi connectivity index (χ4v) is 7.14. The lowest BCUT2D eigenvalue weighted by Gasteiger charge is -2.32. The van der Waals surface area contributed by atoms with Crippen LogP contribution in [0.15, 0.2) is 77.3 Å². The number of benzene rings is 2. The van der Waals surface area contributed by atoms with Crippen molar-refractivity contribution in [2.45, 2.75) is 23.8 Å². The molecular formula is C26H22ClN7O4S2. The number of thiazole rings is 1. The van der Waals surface area contributed by atoms with Crippen LogP contribution in [0.5, 0.6) is 0 Å². The quantitative estimate of drug-likeness (QED) is 0.196. The monoisotopic (exact) mass is 595 g/mol. The Morgan fingerprint density at radius 2 is 1.95 bits per heavy atom. The van der Waals surface area contributed by atoms with Gasteiger partial charge in [0.1, 0.15) is 11.4 Å². The fourth-order valence-electron chi connectivity index (χ4n) is 4.78. The maximum Gasteiger partial charge on any atom is 0.270 e. The van der Waals surface area contributed by atoms with E-state index in [4.69, 9.17) is 21.6 Å². The van der Waals surface area contributed by atoms with Gasteiger partial charge in [-0.05, 0) is 43.2 Å². The number of nitrogens with one attached hydrogen (secondary N) is 1. The first-order valence-corrected chi connectivity index (χ1v) is 15.1. The first-order chi connectivity index (χ1) is 19.3. The molecule has 14 heteroatoms. The van der Waals surface area contributed by atoms with Crippen LogP contribution < -0.4 is 5.32 Å². The summed E-state index contributed by atoms with van der Waals surface area (Å²) < 4.78 is 29.8. The van der Waals surface area contributed by atoms with Crippen LogP contribution in [0.4, 0.5) is 11.6 Å².